The molecule has 1 atom stereocenters. The van der Waals surface area contributed by atoms with Gasteiger partial charge in [-0.05, 0) is 43.0 Å². The molecule has 1 aliphatic heterocycles. The van der Waals surface area contributed by atoms with Crippen molar-refractivity contribution in [2.75, 3.05) is 13.1 Å². The molecule has 0 radical (unpaired) electrons. The minimum atomic E-state index is 0.737. The third-order valence-electron chi connectivity index (χ3n) is 4.08. The van der Waals surface area contributed by atoms with E-state index in [1.54, 1.807) is 0 Å². The Morgan fingerprint density at radius 3 is 2.80 bits per heavy atom. The van der Waals surface area contributed by atoms with Crippen LogP contribution >= 0.6 is 0 Å². The predicted molar refractivity (Wildman–Crippen MR) is 82.7 cm³/mol. The number of benzene rings is 1. The summed E-state index contributed by atoms with van der Waals surface area (Å²) in [6.45, 7) is 4.49. The highest BCUT2D eigenvalue weighted by Crippen LogP contribution is 2.20. The molecule has 1 saturated heterocycles. The first-order chi connectivity index (χ1) is 9.85. The van der Waals surface area contributed by atoms with Crippen molar-refractivity contribution in [1.82, 2.24) is 15.3 Å². The van der Waals surface area contributed by atoms with E-state index in [9.17, 15) is 0 Å². The lowest BCUT2D eigenvalue weighted by Crippen LogP contribution is -2.11. The van der Waals surface area contributed by atoms with Crippen molar-refractivity contribution in [3.05, 3.63) is 41.9 Å². The maximum absolute atomic E-state index is 4.53. The van der Waals surface area contributed by atoms with Crippen molar-refractivity contribution in [2.24, 2.45) is 5.92 Å². The number of nitrogens with one attached hydrogen (secondary N) is 2. The van der Waals surface area contributed by atoms with Crippen LogP contribution in [-0.2, 0) is 12.8 Å². The molecule has 1 fully saturated rings. The maximum atomic E-state index is 4.53. The minimum absolute atomic E-state index is 0.737. The zero-order valence-corrected chi connectivity index (χ0v) is 12.2. The quantitative estimate of drug-likeness (QED) is 0.875. The van der Waals surface area contributed by atoms with Crippen LogP contribution in [0.2, 0.25) is 0 Å². The average Bonchev–Trinajstić information content (AvgIpc) is 3.12. The SMILES string of the molecule is CCCc1ccc(-c2cnc(CC3CCNC3)[nH]2)cc1. The van der Waals surface area contributed by atoms with Crippen molar-refractivity contribution in [3.63, 3.8) is 0 Å². The van der Waals surface area contributed by atoms with Crippen molar-refractivity contribution >= 4 is 0 Å². The number of imidazole rings is 1. The fraction of sp³-hybridized carbons (Fsp3) is 0.471. The Bertz CT molecular complexity index is 536. The van der Waals surface area contributed by atoms with Gasteiger partial charge in [0.25, 0.3) is 0 Å². The molecule has 1 unspecified atom stereocenters. The van der Waals surface area contributed by atoms with Gasteiger partial charge in [0.1, 0.15) is 5.82 Å². The summed E-state index contributed by atoms with van der Waals surface area (Å²) in [6, 6.07) is 8.83. The first-order valence-electron chi connectivity index (χ1n) is 7.69. The molecule has 0 amide bonds. The van der Waals surface area contributed by atoms with Crippen LogP contribution in [0.3, 0.4) is 0 Å². The second-order valence-corrected chi connectivity index (χ2v) is 5.75. The lowest BCUT2D eigenvalue weighted by atomic mass is 10.0. The van der Waals surface area contributed by atoms with E-state index in [4.69, 9.17) is 0 Å². The molecule has 0 aliphatic carbocycles. The number of H-pyrrole nitrogens is 1. The average molecular weight is 269 g/mol. The molecular formula is C17H23N3. The van der Waals surface area contributed by atoms with Crippen LogP contribution in [-0.4, -0.2) is 23.1 Å². The van der Waals surface area contributed by atoms with Crippen molar-refractivity contribution in [3.8, 4) is 11.3 Å². The Kier molecular flexibility index (Phi) is 4.16. The number of aromatic amines is 1. The molecule has 106 valence electrons. The Labute approximate surface area is 120 Å². The summed E-state index contributed by atoms with van der Waals surface area (Å²) in [5.41, 5.74) is 3.77. The number of hydrogen-bond donors (Lipinski definition) is 2. The van der Waals surface area contributed by atoms with Crippen molar-refractivity contribution in [2.45, 2.75) is 32.6 Å². The molecule has 0 spiro atoms. The summed E-state index contributed by atoms with van der Waals surface area (Å²) in [4.78, 5) is 8.00. The molecule has 2 heterocycles. The molecule has 3 rings (SSSR count). The Balaban J connectivity index is 1.68. The molecule has 1 aromatic carbocycles. The second-order valence-electron chi connectivity index (χ2n) is 5.75. The van der Waals surface area contributed by atoms with E-state index in [1.807, 2.05) is 6.20 Å². The van der Waals surface area contributed by atoms with Gasteiger partial charge in [0.05, 0.1) is 11.9 Å². The van der Waals surface area contributed by atoms with Gasteiger partial charge in [-0.3, -0.25) is 0 Å². The number of aromatic nitrogens is 2. The van der Waals surface area contributed by atoms with Crippen molar-refractivity contribution < 1.29 is 0 Å². The minimum Gasteiger partial charge on any atom is -0.342 e. The summed E-state index contributed by atoms with van der Waals surface area (Å²) >= 11 is 0. The van der Waals surface area contributed by atoms with Gasteiger partial charge in [-0.15, -0.1) is 0 Å². The van der Waals surface area contributed by atoms with E-state index < -0.39 is 0 Å². The highest BCUT2D eigenvalue weighted by atomic mass is 14.9. The fourth-order valence-corrected chi connectivity index (χ4v) is 2.91. The van der Waals surface area contributed by atoms with Gasteiger partial charge < -0.3 is 10.3 Å². The van der Waals surface area contributed by atoms with Crippen LogP contribution in [0.4, 0.5) is 0 Å². The second kappa shape index (κ2) is 6.23. The summed E-state index contributed by atoms with van der Waals surface area (Å²) in [5.74, 6) is 1.85. The number of aryl methyl sites for hydroxylation is 1. The Morgan fingerprint density at radius 2 is 2.10 bits per heavy atom. The molecule has 0 saturated carbocycles. The summed E-state index contributed by atoms with van der Waals surface area (Å²) in [6.07, 6.45) is 6.64. The lowest BCUT2D eigenvalue weighted by molar-refractivity contribution is 0.565. The van der Waals surface area contributed by atoms with Gasteiger partial charge in [0.2, 0.25) is 0 Å². The highest BCUT2D eigenvalue weighted by molar-refractivity contribution is 5.58. The van der Waals surface area contributed by atoms with E-state index in [0.717, 1.165) is 43.4 Å². The number of hydrogen-bond acceptors (Lipinski definition) is 2. The highest BCUT2D eigenvalue weighted by Gasteiger charge is 2.16. The van der Waals surface area contributed by atoms with Crippen LogP contribution in [0.25, 0.3) is 11.3 Å². The van der Waals surface area contributed by atoms with E-state index >= 15 is 0 Å². The van der Waals surface area contributed by atoms with Crippen molar-refractivity contribution in [1.29, 1.82) is 0 Å². The predicted octanol–water partition coefficient (Wildman–Crippen LogP) is 3.18. The molecule has 1 aromatic heterocycles. The first kappa shape index (κ1) is 13.4. The molecule has 2 aromatic rings. The van der Waals surface area contributed by atoms with E-state index in [2.05, 4.69) is 46.5 Å². The lowest BCUT2D eigenvalue weighted by Gasteiger charge is -2.04. The van der Waals surface area contributed by atoms with Gasteiger partial charge in [0, 0.05) is 6.42 Å². The largest absolute Gasteiger partial charge is 0.342 e. The first-order valence-corrected chi connectivity index (χ1v) is 7.69. The van der Waals surface area contributed by atoms with E-state index in [-0.39, 0.29) is 0 Å². The molecule has 20 heavy (non-hydrogen) atoms. The topological polar surface area (TPSA) is 40.7 Å². The number of rotatable bonds is 5. The molecule has 3 nitrogen and oxygen atoms in total. The third kappa shape index (κ3) is 3.10. The maximum Gasteiger partial charge on any atom is 0.106 e. The van der Waals surface area contributed by atoms with Gasteiger partial charge >= 0.3 is 0 Å². The van der Waals surface area contributed by atoms with Gasteiger partial charge in [-0.25, -0.2) is 4.98 Å². The molecule has 3 heteroatoms. The third-order valence-corrected chi connectivity index (χ3v) is 4.08. The summed E-state index contributed by atoms with van der Waals surface area (Å²) in [5, 5.41) is 3.41. The van der Waals surface area contributed by atoms with Crippen LogP contribution < -0.4 is 5.32 Å². The van der Waals surface area contributed by atoms with Gasteiger partial charge in [-0.2, -0.15) is 0 Å². The molecule has 1 aliphatic rings. The van der Waals surface area contributed by atoms with E-state index in [1.165, 1.54) is 24.0 Å². The molecular weight excluding hydrogens is 246 g/mol. The standard InChI is InChI=1S/C17H23N3/c1-2-3-13-4-6-15(7-5-13)16-12-19-17(20-16)10-14-8-9-18-11-14/h4-7,12,14,18H,2-3,8-11H2,1H3,(H,19,20). The smallest absolute Gasteiger partial charge is 0.106 e. The summed E-state index contributed by atoms with van der Waals surface area (Å²) in [7, 11) is 0. The van der Waals surface area contributed by atoms with Crippen LogP contribution in [0, 0.1) is 5.92 Å². The zero-order valence-electron chi connectivity index (χ0n) is 12.2. The Morgan fingerprint density at radius 1 is 1.25 bits per heavy atom. The Hall–Kier alpha value is -1.61. The normalized spacial score (nSPS) is 18.6. The summed E-state index contributed by atoms with van der Waals surface area (Å²) < 4.78 is 0. The van der Waals surface area contributed by atoms with Crippen LogP contribution in [0.5, 0.6) is 0 Å². The monoisotopic (exact) mass is 269 g/mol. The van der Waals surface area contributed by atoms with Gasteiger partial charge in [-0.1, -0.05) is 37.6 Å². The molecule has 2 N–H and O–H groups in total. The molecule has 0 bridgehead atoms. The fourth-order valence-electron chi connectivity index (χ4n) is 2.91. The van der Waals surface area contributed by atoms with Crippen LogP contribution in [0.1, 0.15) is 31.2 Å². The number of nitrogens with zero attached hydrogens (tertiary/aromatic N) is 1. The van der Waals surface area contributed by atoms with E-state index in [0.29, 0.717) is 0 Å². The zero-order chi connectivity index (χ0) is 13.8. The van der Waals surface area contributed by atoms with Crippen LogP contribution in [0.15, 0.2) is 30.5 Å². The van der Waals surface area contributed by atoms with Gasteiger partial charge in [0.15, 0.2) is 0 Å².